The number of carbonyl (C=O) groups excluding carboxylic acids is 1. The minimum absolute atomic E-state index is 0.0755. The number of nitrogens with one attached hydrogen (secondary N) is 1. The summed E-state index contributed by atoms with van der Waals surface area (Å²) in [6, 6.07) is 11.7. The van der Waals surface area contributed by atoms with Gasteiger partial charge in [0.2, 0.25) is 0 Å². The normalized spacial score (nSPS) is 13.1. The topological polar surface area (TPSA) is 65.5 Å². The van der Waals surface area contributed by atoms with Crippen molar-refractivity contribution in [2.45, 2.75) is 6.42 Å². The SMILES string of the molecule is O=C(NCCO)c1cccnc1N1CCc2ccccc21. The lowest BCUT2D eigenvalue weighted by Gasteiger charge is -2.21. The van der Waals surface area contributed by atoms with E-state index in [1.165, 1.54) is 5.56 Å². The van der Waals surface area contributed by atoms with Crippen molar-refractivity contribution in [3.63, 3.8) is 0 Å². The monoisotopic (exact) mass is 283 g/mol. The molecule has 21 heavy (non-hydrogen) atoms. The van der Waals surface area contributed by atoms with Crippen LogP contribution in [0, 0.1) is 0 Å². The summed E-state index contributed by atoms with van der Waals surface area (Å²) >= 11 is 0. The molecule has 0 unspecified atom stereocenters. The van der Waals surface area contributed by atoms with E-state index in [2.05, 4.69) is 21.3 Å². The molecule has 2 N–H and O–H groups in total. The van der Waals surface area contributed by atoms with E-state index in [1.807, 2.05) is 18.2 Å². The fourth-order valence-corrected chi connectivity index (χ4v) is 2.61. The lowest BCUT2D eigenvalue weighted by atomic mass is 10.2. The van der Waals surface area contributed by atoms with Crippen molar-refractivity contribution in [3.8, 4) is 0 Å². The molecule has 1 amide bonds. The number of amides is 1. The van der Waals surface area contributed by atoms with E-state index in [-0.39, 0.29) is 19.1 Å². The van der Waals surface area contributed by atoms with Crippen LogP contribution in [0.4, 0.5) is 11.5 Å². The summed E-state index contributed by atoms with van der Waals surface area (Å²) in [5, 5.41) is 11.5. The van der Waals surface area contributed by atoms with E-state index in [9.17, 15) is 4.79 Å². The van der Waals surface area contributed by atoms with Gasteiger partial charge in [0.25, 0.3) is 5.91 Å². The Balaban J connectivity index is 1.95. The Bertz CT molecular complexity index is 657. The molecule has 1 aromatic carbocycles. The van der Waals surface area contributed by atoms with Crippen molar-refractivity contribution < 1.29 is 9.90 Å². The number of hydrogen-bond acceptors (Lipinski definition) is 4. The summed E-state index contributed by atoms with van der Waals surface area (Å²) in [6.07, 6.45) is 2.64. The predicted octanol–water partition coefficient (Wildman–Crippen LogP) is 1.50. The number of hydrogen-bond donors (Lipinski definition) is 2. The molecular formula is C16H17N3O2. The van der Waals surface area contributed by atoms with E-state index in [0.29, 0.717) is 11.4 Å². The standard InChI is InChI=1S/C16H17N3O2/c20-11-9-18-16(21)13-5-3-8-17-15(13)19-10-7-12-4-1-2-6-14(12)19/h1-6,8,20H,7,9-11H2,(H,18,21). The number of fused-ring (bicyclic) bond motifs is 1. The molecule has 3 rings (SSSR count). The molecule has 0 radical (unpaired) electrons. The molecule has 5 heteroatoms. The molecule has 1 aliphatic heterocycles. The van der Waals surface area contributed by atoms with Crippen molar-refractivity contribution in [2.24, 2.45) is 0 Å². The van der Waals surface area contributed by atoms with Crippen LogP contribution in [0.25, 0.3) is 0 Å². The summed E-state index contributed by atoms with van der Waals surface area (Å²) in [4.78, 5) is 18.7. The maximum atomic E-state index is 12.2. The highest BCUT2D eigenvalue weighted by molar-refractivity contribution is 5.99. The molecule has 0 saturated carbocycles. The number of rotatable bonds is 4. The summed E-state index contributed by atoms with van der Waals surface area (Å²) in [5.41, 5.74) is 2.90. The van der Waals surface area contributed by atoms with E-state index < -0.39 is 0 Å². The highest BCUT2D eigenvalue weighted by Crippen LogP contribution is 2.34. The van der Waals surface area contributed by atoms with Crippen LogP contribution in [0.1, 0.15) is 15.9 Å². The number of nitrogens with zero attached hydrogens (tertiary/aromatic N) is 2. The Labute approximate surface area is 123 Å². The Kier molecular flexibility index (Phi) is 3.83. The third kappa shape index (κ3) is 2.60. The van der Waals surface area contributed by atoms with E-state index in [4.69, 9.17) is 5.11 Å². The fraction of sp³-hybridized carbons (Fsp3) is 0.250. The molecule has 0 bridgehead atoms. The zero-order valence-electron chi connectivity index (χ0n) is 11.6. The quantitative estimate of drug-likeness (QED) is 0.892. The third-order valence-electron chi connectivity index (χ3n) is 3.57. The summed E-state index contributed by atoms with van der Waals surface area (Å²) in [6.45, 7) is 0.980. The van der Waals surface area contributed by atoms with Crippen LogP contribution in [0.15, 0.2) is 42.6 Å². The zero-order chi connectivity index (χ0) is 14.7. The van der Waals surface area contributed by atoms with Gasteiger partial charge in [-0.05, 0) is 30.2 Å². The van der Waals surface area contributed by atoms with Gasteiger partial charge in [0.1, 0.15) is 5.82 Å². The van der Waals surface area contributed by atoms with Crippen LogP contribution in [0.2, 0.25) is 0 Å². The van der Waals surface area contributed by atoms with Crippen LogP contribution in [-0.2, 0) is 6.42 Å². The van der Waals surface area contributed by atoms with Crippen molar-refractivity contribution >= 4 is 17.4 Å². The minimum Gasteiger partial charge on any atom is -0.395 e. The molecule has 1 aromatic heterocycles. The van der Waals surface area contributed by atoms with E-state index in [1.54, 1.807) is 18.3 Å². The Morgan fingerprint density at radius 1 is 1.29 bits per heavy atom. The van der Waals surface area contributed by atoms with Gasteiger partial charge in [-0.3, -0.25) is 4.79 Å². The summed E-state index contributed by atoms with van der Waals surface area (Å²) in [5.74, 6) is 0.453. The molecule has 5 nitrogen and oxygen atoms in total. The van der Waals surface area contributed by atoms with Crippen LogP contribution in [0.5, 0.6) is 0 Å². The van der Waals surface area contributed by atoms with Crippen molar-refractivity contribution in [1.82, 2.24) is 10.3 Å². The zero-order valence-corrected chi connectivity index (χ0v) is 11.6. The van der Waals surface area contributed by atoms with Gasteiger partial charge < -0.3 is 15.3 Å². The number of pyridine rings is 1. The predicted molar refractivity (Wildman–Crippen MR) is 80.8 cm³/mol. The lowest BCUT2D eigenvalue weighted by Crippen LogP contribution is -2.29. The van der Waals surface area contributed by atoms with Crippen molar-refractivity contribution in [3.05, 3.63) is 53.7 Å². The highest BCUT2D eigenvalue weighted by atomic mass is 16.3. The number of aliphatic hydroxyl groups excluding tert-OH is 1. The van der Waals surface area contributed by atoms with Gasteiger partial charge in [-0.1, -0.05) is 18.2 Å². The van der Waals surface area contributed by atoms with Gasteiger partial charge in [-0.15, -0.1) is 0 Å². The molecule has 2 heterocycles. The molecule has 2 aromatic rings. The first kappa shape index (κ1) is 13.6. The number of anilines is 2. The van der Waals surface area contributed by atoms with Crippen LogP contribution >= 0.6 is 0 Å². The number of aliphatic hydroxyl groups is 1. The second-order valence-electron chi connectivity index (χ2n) is 4.88. The Morgan fingerprint density at radius 3 is 3.00 bits per heavy atom. The van der Waals surface area contributed by atoms with E-state index in [0.717, 1.165) is 18.7 Å². The van der Waals surface area contributed by atoms with Crippen molar-refractivity contribution in [1.29, 1.82) is 0 Å². The van der Waals surface area contributed by atoms with Gasteiger partial charge >= 0.3 is 0 Å². The first-order chi connectivity index (χ1) is 10.3. The largest absolute Gasteiger partial charge is 0.395 e. The summed E-state index contributed by atoms with van der Waals surface area (Å²) in [7, 11) is 0. The highest BCUT2D eigenvalue weighted by Gasteiger charge is 2.24. The fourth-order valence-electron chi connectivity index (χ4n) is 2.61. The molecule has 0 atom stereocenters. The number of para-hydroxylation sites is 1. The maximum absolute atomic E-state index is 12.2. The first-order valence-electron chi connectivity index (χ1n) is 7.01. The van der Waals surface area contributed by atoms with E-state index >= 15 is 0 Å². The van der Waals surface area contributed by atoms with Crippen LogP contribution in [0.3, 0.4) is 0 Å². The van der Waals surface area contributed by atoms with Gasteiger partial charge in [0, 0.05) is 25.0 Å². The number of benzene rings is 1. The maximum Gasteiger partial charge on any atom is 0.255 e. The Morgan fingerprint density at radius 2 is 2.14 bits per heavy atom. The number of carbonyl (C=O) groups is 1. The molecule has 1 aliphatic rings. The molecular weight excluding hydrogens is 266 g/mol. The van der Waals surface area contributed by atoms with Crippen molar-refractivity contribution in [2.75, 3.05) is 24.6 Å². The molecule has 0 fully saturated rings. The smallest absolute Gasteiger partial charge is 0.255 e. The molecule has 0 aliphatic carbocycles. The first-order valence-corrected chi connectivity index (χ1v) is 7.01. The van der Waals surface area contributed by atoms with Gasteiger partial charge in [0.05, 0.1) is 12.2 Å². The lowest BCUT2D eigenvalue weighted by molar-refractivity contribution is 0.0945. The van der Waals surface area contributed by atoms with Gasteiger partial charge in [-0.25, -0.2) is 4.98 Å². The minimum atomic E-state index is -0.212. The Hall–Kier alpha value is -2.40. The molecule has 108 valence electrons. The number of aromatic nitrogens is 1. The summed E-state index contributed by atoms with van der Waals surface area (Å²) < 4.78 is 0. The second kappa shape index (κ2) is 5.93. The van der Waals surface area contributed by atoms with Gasteiger partial charge in [-0.2, -0.15) is 0 Å². The third-order valence-corrected chi connectivity index (χ3v) is 3.57. The molecule has 0 saturated heterocycles. The average Bonchev–Trinajstić information content (AvgIpc) is 2.96. The van der Waals surface area contributed by atoms with Gasteiger partial charge in [0.15, 0.2) is 0 Å². The second-order valence-corrected chi connectivity index (χ2v) is 4.88. The average molecular weight is 283 g/mol. The molecule has 0 spiro atoms. The van der Waals surface area contributed by atoms with Crippen LogP contribution < -0.4 is 10.2 Å². The van der Waals surface area contributed by atoms with Crippen LogP contribution in [-0.4, -0.2) is 35.7 Å².